The van der Waals surface area contributed by atoms with Gasteiger partial charge in [0.1, 0.15) is 0 Å². The average molecular weight is 124 g/mol. The maximum atomic E-state index is 9.54. The van der Waals surface area contributed by atoms with Gasteiger partial charge < -0.3 is 0 Å². The first kappa shape index (κ1) is 2.39. The lowest BCUT2D eigenvalue weighted by Gasteiger charge is -1.52. The monoisotopic (exact) mass is 123 g/mol. The maximum absolute atomic E-state index is 9.54. The van der Waals surface area contributed by atoms with Gasteiger partial charge in [0, 0.05) is 8.27 Å². The fraction of sp³-hybridized carbons (Fsp3) is 0.500. The Hall–Kier alpha value is 0.150. The number of carbonyl (C=O) groups excluding carboxylic acids is 1. The second-order valence-electron chi connectivity index (χ2n) is 0.355. The Bertz CT molecular complexity index is 44.9. The minimum atomic E-state index is -0.266. The molecule has 0 saturated carbocycles. The van der Waals surface area contributed by atoms with Crippen LogP contribution in [0.1, 0.15) is 8.27 Å². The predicted octanol–water partition coefficient (Wildman–Crippen LogP) is 0.928. The lowest BCUT2D eigenvalue weighted by atomic mass is 11.0. The Balaban J connectivity index is 2.85. The first-order chi connectivity index (χ1) is 2.27. The molecule has 2 heteroatoms. The van der Waals surface area contributed by atoms with E-state index in [0.29, 0.717) is 0 Å². The van der Waals surface area contributed by atoms with E-state index in [1.807, 2.05) is 0 Å². The summed E-state index contributed by atoms with van der Waals surface area (Å²) in [7, 11) is 0. The molecule has 0 bridgehead atoms. The fourth-order valence-electron chi connectivity index (χ4n) is 0. The lowest BCUT2D eigenvalue weighted by molar-refractivity contribution is -0.108. The molecule has 1 nitrogen and oxygen atoms in total. The van der Waals surface area contributed by atoms with Gasteiger partial charge in [-0.15, -0.1) is 0 Å². The highest BCUT2D eigenvalue weighted by Crippen LogP contribution is 1.74. The molecule has 0 saturated heterocycles. The summed E-state index contributed by atoms with van der Waals surface area (Å²) in [5.74, 6) is 0. The molecule has 0 rings (SSSR count). The summed E-state index contributed by atoms with van der Waals surface area (Å²) in [4.78, 5) is 9.54. The number of hydrogen-bond acceptors (Lipinski definition) is 1. The van der Waals surface area contributed by atoms with Crippen molar-refractivity contribution in [2.75, 3.05) is 0 Å². The van der Waals surface area contributed by atoms with Gasteiger partial charge in [0.15, 0.2) is 4.69 Å². The van der Waals surface area contributed by atoms with Crippen LogP contribution in [0.15, 0.2) is 0 Å². The Morgan fingerprint density at radius 3 is 2.75 bits per heavy atom. The van der Waals surface area contributed by atoms with E-state index in [9.17, 15) is 4.79 Å². The zero-order valence-corrected chi connectivity index (χ0v) is 3.58. The molecule has 0 N–H and O–H groups in total. The summed E-state index contributed by atoms with van der Waals surface area (Å²) in [5.41, 5.74) is 0. The van der Waals surface area contributed by atoms with E-state index in [1.54, 1.807) is 0 Å². The molecule has 0 aliphatic carbocycles. The Labute approximate surface area is 34.5 Å². The molecule has 0 atom stereocenters. The van der Waals surface area contributed by atoms with Gasteiger partial charge in [0.05, 0.1) is 0 Å². The highest BCUT2D eigenvalue weighted by molar-refractivity contribution is 9.18. The van der Waals surface area contributed by atoms with Crippen LogP contribution in [0.3, 0.4) is 0 Å². The number of hydrogen-bond donors (Lipinski definition) is 0. The molecule has 0 aromatic heterocycles. The summed E-state index contributed by atoms with van der Waals surface area (Å²) in [6.45, 7) is -0.167. The van der Waals surface area contributed by atoms with Crippen LogP contribution in [0.5, 0.6) is 0 Å². The van der Waals surface area contributed by atoms with E-state index in [0.717, 1.165) is 0 Å². The molecule has 0 heterocycles. The van der Waals surface area contributed by atoms with Crippen molar-refractivity contribution in [2.24, 2.45) is 0 Å². The van der Waals surface area contributed by atoms with Gasteiger partial charge in [-0.2, -0.15) is 0 Å². The largest absolute Gasteiger partial charge is 0.287 e. The summed E-state index contributed by atoms with van der Waals surface area (Å²) >= 11 is 2.55. The number of halogens is 1. The van der Waals surface area contributed by atoms with Gasteiger partial charge >= 0.3 is 0 Å². The van der Waals surface area contributed by atoms with Crippen LogP contribution >= 0.6 is 15.9 Å². The lowest BCUT2D eigenvalue weighted by Crippen LogP contribution is -1.60. The minimum absolute atomic E-state index is 0.167. The van der Waals surface area contributed by atoms with E-state index >= 15 is 0 Å². The average Bonchev–Trinajstić information content (AvgIpc) is 1.38. The number of carbonyl (C=O) groups is 1. The summed E-state index contributed by atoms with van der Waals surface area (Å²) in [6, 6.07) is 0. The zero-order valence-electron chi connectivity index (χ0n) is 2.99. The topological polar surface area (TPSA) is 17.1 Å². The van der Waals surface area contributed by atoms with Crippen LogP contribution in [0.25, 0.3) is 0 Å². The highest BCUT2D eigenvalue weighted by Gasteiger charge is 1.66. The van der Waals surface area contributed by atoms with Crippen molar-refractivity contribution in [1.82, 2.24) is 0 Å². The van der Waals surface area contributed by atoms with E-state index in [2.05, 4.69) is 15.9 Å². The molecule has 0 aliphatic heterocycles. The van der Waals surface area contributed by atoms with Gasteiger partial charge in [0.2, 0.25) is 0 Å². The summed E-state index contributed by atoms with van der Waals surface area (Å²) < 4.78 is 5.99. The van der Waals surface area contributed by atoms with Crippen LogP contribution in [0.4, 0.5) is 0 Å². The third-order valence-corrected chi connectivity index (χ3v) is 0. The molecule has 0 fully saturated rings. The number of rotatable bonds is 0. The van der Waals surface area contributed by atoms with E-state index < -0.39 is 0 Å². The van der Waals surface area contributed by atoms with Crippen LogP contribution in [-0.4, -0.2) is 4.69 Å². The first-order valence-corrected chi connectivity index (χ1v) is 1.54. The van der Waals surface area contributed by atoms with Crippen LogP contribution in [0.2, 0.25) is 0 Å². The van der Waals surface area contributed by atoms with Crippen LogP contribution in [-0.2, 0) is 4.79 Å². The normalized spacial score (nSPS) is 9.75. The van der Waals surface area contributed by atoms with Gasteiger partial charge in [-0.1, -0.05) is 0 Å². The van der Waals surface area contributed by atoms with Crippen LogP contribution < -0.4 is 0 Å². The molecular weight excluding hydrogens is 120 g/mol. The van der Waals surface area contributed by atoms with Crippen molar-refractivity contribution in [3.63, 3.8) is 0 Å². The molecule has 24 valence electrons. The predicted molar refractivity (Wildman–Crippen MR) is 19.6 cm³/mol. The standard InChI is InChI=1S/C2H3BrO/c1-2(3)4/h1H3/i1D. The van der Waals surface area contributed by atoms with Crippen molar-refractivity contribution in [3.8, 4) is 0 Å². The molecule has 0 spiro atoms. The van der Waals surface area contributed by atoms with Crippen molar-refractivity contribution >= 4 is 20.6 Å². The van der Waals surface area contributed by atoms with Crippen molar-refractivity contribution < 1.29 is 6.17 Å². The van der Waals surface area contributed by atoms with E-state index in [1.165, 1.54) is 0 Å². The third kappa shape index (κ3) is 126. The molecule has 0 unspecified atom stereocenters. The van der Waals surface area contributed by atoms with E-state index in [-0.39, 0.29) is 11.6 Å². The quantitative estimate of drug-likeness (QED) is 0.439. The second kappa shape index (κ2) is 1.47. The van der Waals surface area contributed by atoms with Crippen molar-refractivity contribution in [2.45, 2.75) is 6.90 Å². The summed E-state index contributed by atoms with van der Waals surface area (Å²) in [5, 5.41) is 0. The van der Waals surface area contributed by atoms with Gasteiger partial charge in [-0.25, -0.2) is 0 Å². The molecular formula is C2H3BrO. The van der Waals surface area contributed by atoms with Gasteiger partial charge in [0.25, 0.3) is 0 Å². The Kier molecular flexibility index (Phi) is 0.877. The smallest absolute Gasteiger partial charge is 0.194 e. The molecule has 0 aromatic carbocycles. The zero-order chi connectivity index (χ0) is 4.28. The Morgan fingerprint density at radius 2 is 2.75 bits per heavy atom. The molecule has 4 heavy (non-hydrogen) atoms. The molecule has 0 aliphatic rings. The van der Waals surface area contributed by atoms with Crippen molar-refractivity contribution in [3.05, 3.63) is 0 Å². The minimum Gasteiger partial charge on any atom is -0.287 e. The molecule has 0 aromatic rings. The maximum Gasteiger partial charge on any atom is 0.194 e. The third-order valence-electron chi connectivity index (χ3n) is 0. The molecule has 0 radical (unpaired) electrons. The fourth-order valence-corrected chi connectivity index (χ4v) is 0. The van der Waals surface area contributed by atoms with Crippen LogP contribution in [0, 0.1) is 0 Å². The first-order valence-electron chi connectivity index (χ1n) is 1.45. The van der Waals surface area contributed by atoms with Gasteiger partial charge in [-0.05, 0) is 15.9 Å². The van der Waals surface area contributed by atoms with Crippen molar-refractivity contribution in [1.29, 1.82) is 0 Å². The SMILES string of the molecule is [2H]CC(=O)Br. The second-order valence-corrected chi connectivity index (χ2v) is 1.24. The highest BCUT2D eigenvalue weighted by atomic mass is 79.9. The molecule has 0 amide bonds. The van der Waals surface area contributed by atoms with E-state index in [4.69, 9.17) is 1.37 Å². The summed E-state index contributed by atoms with van der Waals surface area (Å²) in [6.07, 6.45) is 0. The van der Waals surface area contributed by atoms with Gasteiger partial charge in [-0.3, -0.25) is 4.79 Å². The Morgan fingerprint density at radius 1 is 2.50 bits per heavy atom.